The van der Waals surface area contributed by atoms with E-state index in [9.17, 15) is 0 Å². The van der Waals surface area contributed by atoms with Crippen molar-refractivity contribution in [3.05, 3.63) is 37.2 Å². The van der Waals surface area contributed by atoms with E-state index >= 15 is 0 Å². The van der Waals surface area contributed by atoms with Gasteiger partial charge in [0.2, 0.25) is 0 Å². The summed E-state index contributed by atoms with van der Waals surface area (Å²) in [5.74, 6) is 0.821. The molecule has 5 nitrogen and oxygen atoms in total. The van der Waals surface area contributed by atoms with E-state index in [1.54, 1.807) is 16.8 Å². The van der Waals surface area contributed by atoms with Crippen LogP contribution in [0.5, 0.6) is 0 Å². The van der Waals surface area contributed by atoms with E-state index in [1.807, 2.05) is 23.2 Å². The Bertz CT molecular complexity index is 480. The van der Waals surface area contributed by atoms with E-state index in [-0.39, 0.29) is 6.61 Å². The Hall–Kier alpha value is -1.88. The fourth-order valence-electron chi connectivity index (χ4n) is 1.55. The molecule has 0 saturated carbocycles. The van der Waals surface area contributed by atoms with Gasteiger partial charge in [0.1, 0.15) is 5.82 Å². The zero-order valence-corrected chi connectivity index (χ0v) is 8.95. The van der Waals surface area contributed by atoms with Crippen LogP contribution in [-0.4, -0.2) is 39.4 Å². The van der Waals surface area contributed by atoms with Crippen molar-refractivity contribution in [2.24, 2.45) is 0 Å². The van der Waals surface area contributed by atoms with Crippen LogP contribution in [0, 0.1) is 0 Å². The highest BCUT2D eigenvalue weighted by molar-refractivity contribution is 5.47. The molecule has 2 rings (SSSR count). The maximum absolute atomic E-state index is 8.98. The van der Waals surface area contributed by atoms with Gasteiger partial charge in [0, 0.05) is 25.4 Å². The quantitative estimate of drug-likeness (QED) is 0.751. The lowest BCUT2D eigenvalue weighted by atomic mass is 10.4. The van der Waals surface area contributed by atoms with Gasteiger partial charge in [-0.15, -0.1) is 6.58 Å². The molecule has 2 aromatic heterocycles. The van der Waals surface area contributed by atoms with Gasteiger partial charge in [0.15, 0.2) is 5.65 Å². The number of nitrogens with zero attached hydrogens (tertiary/aromatic N) is 4. The molecule has 2 heterocycles. The summed E-state index contributed by atoms with van der Waals surface area (Å²) >= 11 is 0. The Kier molecular flexibility index (Phi) is 3.16. The van der Waals surface area contributed by atoms with Crippen LogP contribution in [0.25, 0.3) is 5.65 Å². The number of anilines is 1. The van der Waals surface area contributed by atoms with Gasteiger partial charge in [-0.2, -0.15) is 5.10 Å². The average molecular weight is 218 g/mol. The fourth-order valence-corrected chi connectivity index (χ4v) is 1.55. The van der Waals surface area contributed by atoms with Gasteiger partial charge >= 0.3 is 0 Å². The molecule has 0 bridgehead atoms. The Morgan fingerprint density at radius 2 is 2.38 bits per heavy atom. The molecule has 0 atom stereocenters. The van der Waals surface area contributed by atoms with E-state index in [0.29, 0.717) is 13.1 Å². The van der Waals surface area contributed by atoms with Crippen LogP contribution in [0.2, 0.25) is 0 Å². The van der Waals surface area contributed by atoms with Gasteiger partial charge in [-0.1, -0.05) is 6.08 Å². The average Bonchev–Trinajstić information content (AvgIpc) is 2.75. The van der Waals surface area contributed by atoms with Gasteiger partial charge in [0.25, 0.3) is 0 Å². The molecule has 1 N–H and O–H groups in total. The number of aliphatic hydroxyl groups is 1. The first-order valence-corrected chi connectivity index (χ1v) is 5.12. The topological polar surface area (TPSA) is 53.7 Å². The van der Waals surface area contributed by atoms with Crippen molar-refractivity contribution < 1.29 is 5.11 Å². The molecule has 0 aliphatic heterocycles. The van der Waals surface area contributed by atoms with Gasteiger partial charge < -0.3 is 10.0 Å². The first-order valence-electron chi connectivity index (χ1n) is 5.12. The van der Waals surface area contributed by atoms with E-state index in [1.165, 1.54) is 0 Å². The summed E-state index contributed by atoms with van der Waals surface area (Å²) < 4.78 is 1.70. The summed E-state index contributed by atoms with van der Waals surface area (Å²) in [7, 11) is 0. The Balaban J connectivity index is 2.31. The van der Waals surface area contributed by atoms with Crippen molar-refractivity contribution in [3.8, 4) is 0 Å². The molecule has 2 aromatic rings. The van der Waals surface area contributed by atoms with Crippen molar-refractivity contribution in [3.63, 3.8) is 0 Å². The molecule has 84 valence electrons. The van der Waals surface area contributed by atoms with E-state index in [4.69, 9.17) is 5.11 Å². The molecule has 0 unspecified atom stereocenters. The summed E-state index contributed by atoms with van der Waals surface area (Å²) in [5, 5.41) is 13.1. The van der Waals surface area contributed by atoms with E-state index in [0.717, 1.165) is 11.5 Å². The van der Waals surface area contributed by atoms with Crippen molar-refractivity contribution in [2.45, 2.75) is 0 Å². The second-order valence-corrected chi connectivity index (χ2v) is 3.38. The van der Waals surface area contributed by atoms with Crippen molar-refractivity contribution in [1.29, 1.82) is 0 Å². The number of aliphatic hydroxyl groups excluding tert-OH is 1. The summed E-state index contributed by atoms with van der Waals surface area (Å²) in [4.78, 5) is 6.40. The Labute approximate surface area is 93.6 Å². The third-order valence-electron chi connectivity index (χ3n) is 2.29. The standard InChI is InChI=1S/C11H14N4O/c1-2-6-14(8-9-16)10-4-7-15-11(13-10)3-5-12-15/h2-5,7,16H,1,6,8-9H2. The highest BCUT2D eigenvalue weighted by atomic mass is 16.3. The molecule has 0 saturated heterocycles. The minimum atomic E-state index is 0.0972. The largest absolute Gasteiger partial charge is 0.395 e. The monoisotopic (exact) mass is 218 g/mol. The molecule has 5 heteroatoms. The van der Waals surface area contributed by atoms with Crippen LogP contribution in [-0.2, 0) is 0 Å². The van der Waals surface area contributed by atoms with Crippen molar-refractivity contribution in [1.82, 2.24) is 14.6 Å². The van der Waals surface area contributed by atoms with Gasteiger partial charge in [-0.25, -0.2) is 9.50 Å². The fraction of sp³-hybridized carbons (Fsp3) is 0.273. The summed E-state index contributed by atoms with van der Waals surface area (Å²) in [6.07, 6.45) is 5.35. The third kappa shape index (κ3) is 2.04. The molecule has 0 aliphatic carbocycles. The molecule has 16 heavy (non-hydrogen) atoms. The molecule has 0 fully saturated rings. The summed E-state index contributed by atoms with van der Waals surface area (Å²) in [6.45, 7) is 5.00. The SMILES string of the molecule is C=CCN(CCO)c1ccn2nccc2n1. The van der Waals surface area contributed by atoms with Gasteiger partial charge in [-0.3, -0.25) is 0 Å². The second kappa shape index (κ2) is 4.76. The minimum absolute atomic E-state index is 0.0972. The molecule has 0 amide bonds. The molecular formula is C11H14N4O. The first kappa shape index (κ1) is 10.6. The maximum atomic E-state index is 8.98. The number of hydrogen-bond donors (Lipinski definition) is 1. The third-order valence-corrected chi connectivity index (χ3v) is 2.29. The number of fused-ring (bicyclic) bond motifs is 1. The lowest BCUT2D eigenvalue weighted by Crippen LogP contribution is -2.27. The van der Waals surface area contributed by atoms with Crippen LogP contribution in [0.4, 0.5) is 5.82 Å². The highest BCUT2D eigenvalue weighted by Gasteiger charge is 2.06. The van der Waals surface area contributed by atoms with Crippen LogP contribution in [0.3, 0.4) is 0 Å². The van der Waals surface area contributed by atoms with Crippen LogP contribution in [0.15, 0.2) is 37.2 Å². The first-order chi connectivity index (χ1) is 7.85. The second-order valence-electron chi connectivity index (χ2n) is 3.38. The number of aromatic nitrogens is 3. The smallest absolute Gasteiger partial charge is 0.157 e. The number of rotatable bonds is 5. The molecular weight excluding hydrogens is 204 g/mol. The molecule has 0 aliphatic rings. The van der Waals surface area contributed by atoms with Crippen molar-refractivity contribution in [2.75, 3.05) is 24.6 Å². The summed E-state index contributed by atoms with van der Waals surface area (Å²) in [6, 6.07) is 3.72. The predicted molar refractivity (Wildman–Crippen MR) is 62.5 cm³/mol. The van der Waals surface area contributed by atoms with Crippen LogP contribution < -0.4 is 4.90 Å². The maximum Gasteiger partial charge on any atom is 0.157 e. The lowest BCUT2D eigenvalue weighted by molar-refractivity contribution is 0.302. The van der Waals surface area contributed by atoms with E-state index in [2.05, 4.69) is 16.7 Å². The number of hydrogen-bond acceptors (Lipinski definition) is 4. The van der Waals surface area contributed by atoms with Crippen LogP contribution >= 0.6 is 0 Å². The van der Waals surface area contributed by atoms with Gasteiger partial charge in [0.05, 0.1) is 12.8 Å². The Morgan fingerprint density at radius 1 is 1.50 bits per heavy atom. The zero-order chi connectivity index (χ0) is 11.4. The van der Waals surface area contributed by atoms with Crippen molar-refractivity contribution >= 4 is 11.5 Å². The minimum Gasteiger partial charge on any atom is -0.395 e. The van der Waals surface area contributed by atoms with Crippen LogP contribution in [0.1, 0.15) is 0 Å². The zero-order valence-electron chi connectivity index (χ0n) is 8.95. The molecule has 0 aromatic carbocycles. The normalized spacial score (nSPS) is 10.6. The lowest BCUT2D eigenvalue weighted by Gasteiger charge is -2.20. The highest BCUT2D eigenvalue weighted by Crippen LogP contribution is 2.11. The van der Waals surface area contributed by atoms with Gasteiger partial charge in [-0.05, 0) is 6.07 Å². The summed E-state index contributed by atoms with van der Waals surface area (Å²) in [5.41, 5.74) is 0.796. The Morgan fingerprint density at radius 3 is 3.12 bits per heavy atom. The predicted octanol–water partition coefficient (Wildman–Crippen LogP) is 0.714. The molecule has 0 spiro atoms. The van der Waals surface area contributed by atoms with E-state index < -0.39 is 0 Å². The molecule has 0 radical (unpaired) electrons.